The third-order valence-electron chi connectivity index (χ3n) is 3.00. The van der Waals surface area contributed by atoms with Gasteiger partial charge in [-0.25, -0.2) is 0 Å². The van der Waals surface area contributed by atoms with Crippen molar-refractivity contribution in [1.82, 2.24) is 16.0 Å². The molecule has 2 aliphatic heterocycles. The highest BCUT2D eigenvalue weighted by molar-refractivity contribution is 5.90. The Bertz CT molecular complexity index is 261. The van der Waals surface area contributed by atoms with Crippen molar-refractivity contribution in [1.29, 1.82) is 0 Å². The fourth-order valence-electron chi connectivity index (χ4n) is 2.09. The molecule has 0 spiro atoms. The summed E-state index contributed by atoms with van der Waals surface area (Å²) in [5.41, 5.74) is 0. The van der Waals surface area contributed by atoms with Gasteiger partial charge in [-0.2, -0.15) is 0 Å². The van der Waals surface area contributed by atoms with Gasteiger partial charge in [-0.05, 0) is 25.8 Å². The Morgan fingerprint density at radius 1 is 1.47 bits per heavy atom. The molecule has 2 saturated heterocycles. The van der Waals surface area contributed by atoms with Gasteiger partial charge in [0, 0.05) is 19.0 Å². The monoisotopic (exact) mass is 211 g/mol. The Hall–Kier alpha value is -1.10. The van der Waals surface area contributed by atoms with Crippen molar-refractivity contribution in [3.05, 3.63) is 0 Å². The van der Waals surface area contributed by atoms with Crippen LogP contribution in [0.3, 0.4) is 0 Å². The van der Waals surface area contributed by atoms with Crippen molar-refractivity contribution in [2.24, 2.45) is 0 Å². The molecule has 2 fully saturated rings. The number of carbonyl (C=O) groups excluding carboxylic acids is 2. The van der Waals surface area contributed by atoms with Crippen molar-refractivity contribution in [2.75, 3.05) is 13.1 Å². The summed E-state index contributed by atoms with van der Waals surface area (Å²) in [5, 5.41) is 8.84. The van der Waals surface area contributed by atoms with Gasteiger partial charge in [0.2, 0.25) is 11.8 Å². The van der Waals surface area contributed by atoms with Crippen LogP contribution in [-0.2, 0) is 9.59 Å². The Morgan fingerprint density at radius 2 is 2.33 bits per heavy atom. The molecule has 0 aromatic heterocycles. The molecule has 0 aromatic rings. The third-order valence-corrected chi connectivity index (χ3v) is 3.00. The van der Waals surface area contributed by atoms with Crippen LogP contribution in [0.1, 0.15) is 25.7 Å². The van der Waals surface area contributed by atoms with Crippen molar-refractivity contribution >= 4 is 11.8 Å². The number of hydrogen-bond donors (Lipinski definition) is 3. The fourth-order valence-corrected chi connectivity index (χ4v) is 2.09. The molecule has 2 rings (SSSR count). The van der Waals surface area contributed by atoms with Gasteiger partial charge < -0.3 is 16.0 Å². The maximum absolute atomic E-state index is 11.6. The molecule has 5 nitrogen and oxygen atoms in total. The molecule has 84 valence electrons. The second kappa shape index (κ2) is 4.61. The Labute approximate surface area is 89.0 Å². The molecule has 5 heteroatoms. The lowest BCUT2D eigenvalue weighted by Gasteiger charge is -2.14. The molecule has 3 N–H and O–H groups in total. The summed E-state index contributed by atoms with van der Waals surface area (Å²) < 4.78 is 0. The zero-order valence-corrected chi connectivity index (χ0v) is 8.71. The topological polar surface area (TPSA) is 70.2 Å². The first kappa shape index (κ1) is 10.4. The normalized spacial score (nSPS) is 30.3. The minimum atomic E-state index is -0.307. The third kappa shape index (κ3) is 2.68. The van der Waals surface area contributed by atoms with Gasteiger partial charge in [0.05, 0.1) is 0 Å². The first-order valence-corrected chi connectivity index (χ1v) is 5.56. The molecule has 2 atom stereocenters. The van der Waals surface area contributed by atoms with Gasteiger partial charge in [-0.1, -0.05) is 0 Å². The molecular weight excluding hydrogens is 194 g/mol. The number of hydrogen-bond acceptors (Lipinski definition) is 3. The first-order valence-electron chi connectivity index (χ1n) is 5.56. The molecule has 2 aliphatic rings. The average Bonchev–Trinajstić information content (AvgIpc) is 2.84. The van der Waals surface area contributed by atoms with Crippen molar-refractivity contribution in [2.45, 2.75) is 37.8 Å². The molecular formula is C10H17N3O2. The Balaban J connectivity index is 1.70. The molecule has 0 radical (unpaired) electrons. The summed E-state index contributed by atoms with van der Waals surface area (Å²) in [6, 6.07) is 0.102. The van der Waals surface area contributed by atoms with Crippen molar-refractivity contribution < 1.29 is 9.59 Å². The Kier molecular flexibility index (Phi) is 3.20. The minimum absolute atomic E-state index is 0.0193. The summed E-state index contributed by atoms with van der Waals surface area (Å²) in [7, 11) is 0. The number of amides is 2. The first-order chi connectivity index (χ1) is 7.25. The van der Waals surface area contributed by atoms with Gasteiger partial charge in [0.1, 0.15) is 6.04 Å². The maximum atomic E-state index is 11.6. The summed E-state index contributed by atoms with van der Waals surface area (Å²) in [6.45, 7) is 1.71. The fraction of sp³-hybridized carbons (Fsp3) is 0.800. The van der Waals surface area contributed by atoms with E-state index in [9.17, 15) is 9.59 Å². The summed E-state index contributed by atoms with van der Waals surface area (Å²) in [4.78, 5) is 22.5. The highest BCUT2D eigenvalue weighted by Gasteiger charge is 2.27. The minimum Gasteiger partial charge on any atom is -0.353 e. The Morgan fingerprint density at radius 3 is 2.93 bits per heavy atom. The van der Waals surface area contributed by atoms with Gasteiger partial charge in [-0.3, -0.25) is 9.59 Å². The van der Waals surface area contributed by atoms with E-state index < -0.39 is 0 Å². The van der Waals surface area contributed by atoms with Crippen LogP contribution in [0.5, 0.6) is 0 Å². The molecule has 0 bridgehead atoms. The second-order valence-corrected chi connectivity index (χ2v) is 4.20. The standard InChI is InChI=1S/C10H17N3O2/c14-9-4-3-8(13-9)10(15)12-6-7-2-1-5-11-7/h7-8,11H,1-6H2,(H,12,15)(H,13,14)/t7?,8-/m1/s1. The van der Waals surface area contributed by atoms with E-state index in [2.05, 4.69) is 16.0 Å². The van der Waals surface area contributed by atoms with Crippen LogP contribution in [0.4, 0.5) is 0 Å². The van der Waals surface area contributed by atoms with Crippen LogP contribution < -0.4 is 16.0 Å². The van der Waals surface area contributed by atoms with E-state index in [0.29, 0.717) is 25.4 Å². The highest BCUT2D eigenvalue weighted by Crippen LogP contribution is 2.07. The molecule has 2 amide bonds. The predicted octanol–water partition coefficient (Wildman–Crippen LogP) is -0.867. The average molecular weight is 211 g/mol. The lowest BCUT2D eigenvalue weighted by Crippen LogP contribution is -2.45. The molecule has 0 saturated carbocycles. The van der Waals surface area contributed by atoms with E-state index in [4.69, 9.17) is 0 Å². The van der Waals surface area contributed by atoms with E-state index in [1.807, 2.05) is 0 Å². The number of carbonyl (C=O) groups is 2. The molecule has 0 aliphatic carbocycles. The van der Waals surface area contributed by atoms with Crippen LogP contribution >= 0.6 is 0 Å². The number of rotatable bonds is 3. The van der Waals surface area contributed by atoms with Crippen molar-refractivity contribution in [3.8, 4) is 0 Å². The molecule has 1 unspecified atom stereocenters. The lowest BCUT2D eigenvalue weighted by molar-refractivity contribution is -0.125. The highest BCUT2D eigenvalue weighted by atomic mass is 16.2. The lowest BCUT2D eigenvalue weighted by atomic mass is 10.2. The zero-order valence-electron chi connectivity index (χ0n) is 8.71. The van der Waals surface area contributed by atoms with E-state index in [-0.39, 0.29) is 17.9 Å². The van der Waals surface area contributed by atoms with Gasteiger partial charge in [0.15, 0.2) is 0 Å². The van der Waals surface area contributed by atoms with Crippen LogP contribution in [0.15, 0.2) is 0 Å². The summed E-state index contributed by atoms with van der Waals surface area (Å²) >= 11 is 0. The smallest absolute Gasteiger partial charge is 0.242 e. The van der Waals surface area contributed by atoms with Crippen molar-refractivity contribution in [3.63, 3.8) is 0 Å². The van der Waals surface area contributed by atoms with Gasteiger partial charge >= 0.3 is 0 Å². The quantitative estimate of drug-likeness (QED) is 0.568. The summed E-state index contributed by atoms with van der Waals surface area (Å²) in [5.74, 6) is -0.0660. The van der Waals surface area contributed by atoms with Crippen LogP contribution in [0.2, 0.25) is 0 Å². The van der Waals surface area contributed by atoms with E-state index in [0.717, 1.165) is 13.0 Å². The second-order valence-electron chi connectivity index (χ2n) is 4.20. The largest absolute Gasteiger partial charge is 0.353 e. The van der Waals surface area contributed by atoms with E-state index in [1.165, 1.54) is 6.42 Å². The van der Waals surface area contributed by atoms with Gasteiger partial charge in [0.25, 0.3) is 0 Å². The van der Waals surface area contributed by atoms with Crippen LogP contribution in [-0.4, -0.2) is 37.0 Å². The molecule has 2 heterocycles. The van der Waals surface area contributed by atoms with Crippen LogP contribution in [0, 0.1) is 0 Å². The zero-order chi connectivity index (χ0) is 10.7. The van der Waals surface area contributed by atoms with Gasteiger partial charge in [-0.15, -0.1) is 0 Å². The molecule has 0 aromatic carbocycles. The summed E-state index contributed by atoms with van der Waals surface area (Å²) in [6.07, 6.45) is 3.40. The van der Waals surface area contributed by atoms with E-state index in [1.54, 1.807) is 0 Å². The molecule has 15 heavy (non-hydrogen) atoms. The van der Waals surface area contributed by atoms with Crippen LogP contribution in [0.25, 0.3) is 0 Å². The SMILES string of the molecule is O=C1CC[C@H](C(=O)NCC2CCCN2)N1. The maximum Gasteiger partial charge on any atom is 0.242 e. The number of nitrogens with one attached hydrogen (secondary N) is 3. The predicted molar refractivity (Wildman–Crippen MR) is 55.2 cm³/mol. The van der Waals surface area contributed by atoms with E-state index >= 15 is 0 Å².